The van der Waals surface area contributed by atoms with Crippen molar-refractivity contribution in [3.05, 3.63) is 22.2 Å². The summed E-state index contributed by atoms with van der Waals surface area (Å²) in [5.41, 5.74) is 0.860. The number of rotatable bonds is 0. The van der Waals surface area contributed by atoms with Gasteiger partial charge in [0.25, 0.3) is 0 Å². The van der Waals surface area contributed by atoms with Crippen LogP contribution < -0.4 is 0 Å². The minimum absolute atomic E-state index is 0.0385. The molecule has 0 atom stereocenters. The van der Waals surface area contributed by atoms with Crippen molar-refractivity contribution in [3.8, 4) is 0 Å². The molecule has 0 radical (unpaired) electrons. The van der Waals surface area contributed by atoms with E-state index in [1.54, 1.807) is 0 Å². The fourth-order valence-electron chi connectivity index (χ4n) is 0.944. The standard InChI is InChI=1S/C8H11BrFN/c1-8(2,3)7-5(9)4-6(10)11-7/h4,11H,1-3H3. The molecule has 0 unspecified atom stereocenters. The third-order valence-electron chi connectivity index (χ3n) is 1.49. The molecule has 0 amide bonds. The van der Waals surface area contributed by atoms with Gasteiger partial charge in [-0.05, 0) is 15.9 Å². The highest BCUT2D eigenvalue weighted by Gasteiger charge is 2.19. The fourth-order valence-corrected chi connectivity index (χ4v) is 1.84. The molecule has 0 spiro atoms. The number of halogens is 2. The van der Waals surface area contributed by atoms with Crippen LogP contribution in [0.3, 0.4) is 0 Å². The number of aromatic nitrogens is 1. The van der Waals surface area contributed by atoms with Crippen LogP contribution >= 0.6 is 15.9 Å². The molecule has 1 aromatic heterocycles. The lowest BCUT2D eigenvalue weighted by molar-refractivity contribution is 0.538. The molecule has 0 bridgehead atoms. The van der Waals surface area contributed by atoms with Gasteiger partial charge in [-0.2, -0.15) is 4.39 Å². The van der Waals surface area contributed by atoms with Gasteiger partial charge in [-0.1, -0.05) is 20.8 Å². The van der Waals surface area contributed by atoms with Crippen LogP contribution in [-0.2, 0) is 5.41 Å². The first kappa shape index (κ1) is 8.78. The van der Waals surface area contributed by atoms with Crippen molar-refractivity contribution in [1.82, 2.24) is 4.98 Å². The van der Waals surface area contributed by atoms with E-state index in [0.717, 1.165) is 10.2 Å². The Labute approximate surface area is 74.1 Å². The van der Waals surface area contributed by atoms with E-state index in [1.807, 2.05) is 20.8 Å². The van der Waals surface area contributed by atoms with E-state index in [2.05, 4.69) is 20.9 Å². The minimum Gasteiger partial charge on any atom is -0.334 e. The molecule has 0 aliphatic heterocycles. The Morgan fingerprint density at radius 2 is 2.00 bits per heavy atom. The smallest absolute Gasteiger partial charge is 0.192 e. The highest BCUT2D eigenvalue weighted by Crippen LogP contribution is 2.28. The largest absolute Gasteiger partial charge is 0.334 e. The van der Waals surface area contributed by atoms with Crippen LogP contribution in [-0.4, -0.2) is 4.98 Å². The zero-order valence-corrected chi connectivity index (χ0v) is 8.42. The summed E-state index contributed by atoms with van der Waals surface area (Å²) in [6.07, 6.45) is 0. The van der Waals surface area contributed by atoms with Gasteiger partial charge in [-0.15, -0.1) is 0 Å². The predicted molar refractivity (Wildman–Crippen MR) is 47.2 cm³/mol. The Bertz CT molecular complexity index is 260. The van der Waals surface area contributed by atoms with Gasteiger partial charge in [0.05, 0.1) is 0 Å². The van der Waals surface area contributed by atoms with Crippen molar-refractivity contribution >= 4 is 15.9 Å². The van der Waals surface area contributed by atoms with Crippen molar-refractivity contribution in [2.75, 3.05) is 0 Å². The lowest BCUT2D eigenvalue weighted by Gasteiger charge is -2.16. The number of nitrogens with one attached hydrogen (secondary N) is 1. The quantitative estimate of drug-likeness (QED) is 0.690. The molecule has 1 aromatic rings. The van der Waals surface area contributed by atoms with Gasteiger partial charge in [0.2, 0.25) is 0 Å². The van der Waals surface area contributed by atoms with Gasteiger partial charge in [-0.25, -0.2) is 0 Å². The van der Waals surface area contributed by atoms with Gasteiger partial charge in [0.1, 0.15) is 0 Å². The summed E-state index contributed by atoms with van der Waals surface area (Å²) in [6, 6.07) is 1.45. The van der Waals surface area contributed by atoms with Gasteiger partial charge in [0, 0.05) is 21.6 Å². The Morgan fingerprint density at radius 3 is 2.18 bits per heavy atom. The second-order valence-electron chi connectivity index (χ2n) is 3.59. The Balaban J connectivity index is 3.13. The van der Waals surface area contributed by atoms with E-state index < -0.39 is 0 Å². The van der Waals surface area contributed by atoms with Crippen molar-refractivity contribution in [3.63, 3.8) is 0 Å². The summed E-state index contributed by atoms with van der Waals surface area (Å²) in [4.78, 5) is 2.67. The number of aromatic amines is 1. The average Bonchev–Trinajstić information content (AvgIpc) is 2.08. The zero-order valence-electron chi connectivity index (χ0n) is 6.83. The maximum Gasteiger partial charge on any atom is 0.192 e. The van der Waals surface area contributed by atoms with Crippen molar-refractivity contribution in [1.29, 1.82) is 0 Å². The van der Waals surface area contributed by atoms with Crippen molar-refractivity contribution in [2.45, 2.75) is 26.2 Å². The predicted octanol–water partition coefficient (Wildman–Crippen LogP) is 3.21. The van der Waals surface area contributed by atoms with Crippen LogP contribution in [0.15, 0.2) is 10.5 Å². The molecule has 0 saturated heterocycles. The highest BCUT2D eigenvalue weighted by atomic mass is 79.9. The third-order valence-corrected chi connectivity index (χ3v) is 2.11. The molecule has 1 N–H and O–H groups in total. The van der Waals surface area contributed by atoms with Crippen LogP contribution in [0.25, 0.3) is 0 Å². The van der Waals surface area contributed by atoms with E-state index >= 15 is 0 Å². The molecule has 3 heteroatoms. The van der Waals surface area contributed by atoms with E-state index in [4.69, 9.17) is 0 Å². The molecule has 11 heavy (non-hydrogen) atoms. The SMILES string of the molecule is CC(C)(C)c1[nH]c(F)cc1Br. The van der Waals surface area contributed by atoms with Gasteiger partial charge >= 0.3 is 0 Å². The van der Waals surface area contributed by atoms with Crippen molar-refractivity contribution in [2.24, 2.45) is 0 Å². The summed E-state index contributed by atoms with van der Waals surface area (Å²) in [7, 11) is 0. The maximum absolute atomic E-state index is 12.6. The zero-order chi connectivity index (χ0) is 8.65. The summed E-state index contributed by atoms with van der Waals surface area (Å²) in [6.45, 7) is 6.09. The molecule has 0 aromatic carbocycles. The van der Waals surface area contributed by atoms with Gasteiger partial charge in [-0.3, -0.25) is 0 Å². The van der Waals surface area contributed by atoms with E-state index in [1.165, 1.54) is 6.07 Å². The summed E-state index contributed by atoms with van der Waals surface area (Å²) in [5, 5.41) is 0. The highest BCUT2D eigenvalue weighted by molar-refractivity contribution is 9.10. The van der Waals surface area contributed by atoms with Gasteiger partial charge < -0.3 is 4.98 Å². The molecule has 1 rings (SSSR count). The normalized spacial score (nSPS) is 12.1. The topological polar surface area (TPSA) is 15.8 Å². The second kappa shape index (κ2) is 2.63. The molecule has 0 aliphatic carbocycles. The first-order valence-electron chi connectivity index (χ1n) is 3.46. The number of hydrogen-bond acceptors (Lipinski definition) is 0. The van der Waals surface area contributed by atoms with Crippen LogP contribution in [0.5, 0.6) is 0 Å². The lowest BCUT2D eigenvalue weighted by atomic mass is 9.93. The Morgan fingerprint density at radius 1 is 1.45 bits per heavy atom. The molecule has 1 nitrogen and oxygen atoms in total. The second-order valence-corrected chi connectivity index (χ2v) is 4.44. The molecular formula is C8H11BrFN. The van der Waals surface area contributed by atoms with Gasteiger partial charge in [0.15, 0.2) is 5.95 Å². The maximum atomic E-state index is 12.6. The Kier molecular flexibility index (Phi) is 2.10. The first-order valence-corrected chi connectivity index (χ1v) is 4.25. The molecular weight excluding hydrogens is 209 g/mol. The molecule has 0 saturated carbocycles. The summed E-state index contributed by atoms with van der Waals surface area (Å²) >= 11 is 3.28. The number of hydrogen-bond donors (Lipinski definition) is 1. The number of H-pyrrole nitrogens is 1. The van der Waals surface area contributed by atoms with Crippen molar-refractivity contribution < 1.29 is 4.39 Å². The third kappa shape index (κ3) is 1.83. The lowest BCUT2D eigenvalue weighted by Crippen LogP contribution is -2.12. The molecule has 1 heterocycles. The summed E-state index contributed by atoms with van der Waals surface area (Å²) < 4.78 is 13.4. The average molecular weight is 220 g/mol. The Hall–Kier alpha value is -0.310. The van der Waals surface area contributed by atoms with Crippen LogP contribution in [0.2, 0.25) is 0 Å². The van der Waals surface area contributed by atoms with Crippen LogP contribution in [0.1, 0.15) is 26.5 Å². The van der Waals surface area contributed by atoms with Crippen LogP contribution in [0, 0.1) is 5.95 Å². The van der Waals surface area contributed by atoms with E-state index in [0.29, 0.717) is 0 Å². The van der Waals surface area contributed by atoms with E-state index in [-0.39, 0.29) is 11.4 Å². The molecule has 0 aliphatic rings. The summed E-state index contributed by atoms with van der Waals surface area (Å²) in [5.74, 6) is -0.290. The minimum atomic E-state index is -0.290. The fraction of sp³-hybridized carbons (Fsp3) is 0.500. The van der Waals surface area contributed by atoms with Crippen LogP contribution in [0.4, 0.5) is 4.39 Å². The molecule has 62 valence electrons. The molecule has 0 fully saturated rings. The van der Waals surface area contributed by atoms with E-state index in [9.17, 15) is 4.39 Å². The first-order chi connectivity index (χ1) is 4.91. The monoisotopic (exact) mass is 219 g/mol.